The van der Waals surface area contributed by atoms with Gasteiger partial charge in [-0.1, -0.05) is 18.2 Å². The molecule has 2 aliphatic rings. The van der Waals surface area contributed by atoms with Gasteiger partial charge in [-0.05, 0) is 37.9 Å². The Morgan fingerprint density at radius 1 is 1.29 bits per heavy atom. The molecule has 1 atom stereocenters. The summed E-state index contributed by atoms with van der Waals surface area (Å²) < 4.78 is 0. The summed E-state index contributed by atoms with van der Waals surface area (Å²) in [6.07, 6.45) is 3.87. The smallest absolute Gasteiger partial charge is 0.0726 e. The molecule has 14 heavy (non-hydrogen) atoms. The normalized spacial score (nSPS) is 21.9. The molecule has 1 aromatic carbocycles. The lowest BCUT2D eigenvalue weighted by atomic mass is 10.1. The molecule has 1 heterocycles. The Morgan fingerprint density at radius 3 is 2.93 bits per heavy atom. The van der Waals surface area contributed by atoms with Crippen molar-refractivity contribution >= 4 is 5.57 Å². The zero-order valence-electron chi connectivity index (χ0n) is 8.53. The van der Waals surface area contributed by atoms with Gasteiger partial charge in [-0.3, -0.25) is 4.99 Å². The second-order valence-corrected chi connectivity index (χ2v) is 3.58. The minimum Gasteiger partial charge on any atom is -0.333 e. The monoisotopic (exact) mass is 188 g/mol. The van der Waals surface area contributed by atoms with Gasteiger partial charge in [-0.25, -0.2) is 0 Å². The Kier molecular flexibility index (Phi) is 2.64. The maximum absolute atomic E-state index is 4.68. The number of hydrogen-bond acceptors (Lipinski definition) is 2. The highest BCUT2D eigenvalue weighted by Crippen LogP contribution is 2.28. The third-order valence-corrected chi connectivity index (χ3v) is 2.87. The van der Waals surface area contributed by atoms with Gasteiger partial charge in [0.2, 0.25) is 0 Å². The Hall–Kier alpha value is -1.15. The lowest BCUT2D eigenvalue weighted by Crippen LogP contribution is -2.21. The number of fused-ring (bicyclic) bond motifs is 2. The standard InChI is InChI=1S/C11H11N.CH5N/c1-2-6-10-8(4-1)9-5-3-7-11(9)12-10;1-2/h1-2,4,6,11H,3,5,7H2;2H2,1H3. The number of rotatable bonds is 0. The molecule has 0 amide bonds. The van der Waals surface area contributed by atoms with Crippen molar-refractivity contribution in [1.29, 1.82) is 0 Å². The van der Waals surface area contributed by atoms with Crippen LogP contribution in [0.1, 0.15) is 19.3 Å². The largest absolute Gasteiger partial charge is 0.333 e. The van der Waals surface area contributed by atoms with E-state index in [2.05, 4.69) is 35.0 Å². The van der Waals surface area contributed by atoms with Crippen molar-refractivity contribution in [3.05, 3.63) is 34.8 Å². The van der Waals surface area contributed by atoms with Crippen molar-refractivity contribution in [2.75, 3.05) is 7.05 Å². The summed E-state index contributed by atoms with van der Waals surface area (Å²) in [7, 11) is 1.50. The second-order valence-electron chi connectivity index (χ2n) is 3.58. The molecule has 0 saturated heterocycles. The van der Waals surface area contributed by atoms with Crippen LogP contribution in [0.15, 0.2) is 29.3 Å². The Balaban J connectivity index is 0.000000354. The van der Waals surface area contributed by atoms with E-state index in [1.165, 1.54) is 36.9 Å². The molecule has 2 nitrogen and oxygen atoms in total. The highest BCUT2D eigenvalue weighted by Gasteiger charge is 2.23. The zero-order chi connectivity index (χ0) is 9.97. The average molecular weight is 188 g/mol. The van der Waals surface area contributed by atoms with E-state index in [9.17, 15) is 0 Å². The van der Waals surface area contributed by atoms with Crippen LogP contribution in [0.5, 0.6) is 0 Å². The maximum Gasteiger partial charge on any atom is 0.0726 e. The Bertz CT molecular complexity index is 434. The molecule has 1 aromatic rings. The molecule has 1 aliphatic heterocycles. The van der Waals surface area contributed by atoms with Gasteiger partial charge in [0.15, 0.2) is 0 Å². The number of para-hydroxylation sites is 1. The maximum atomic E-state index is 4.68. The molecule has 1 saturated carbocycles. The molecule has 1 aliphatic carbocycles. The SMILES string of the molecule is CN.c1ccc2c(c1)=NC1CCCC=21. The Morgan fingerprint density at radius 2 is 2.07 bits per heavy atom. The summed E-state index contributed by atoms with van der Waals surface area (Å²) in [6.45, 7) is 0. The van der Waals surface area contributed by atoms with Crippen molar-refractivity contribution in [2.45, 2.75) is 25.3 Å². The first-order valence-electron chi connectivity index (χ1n) is 5.19. The molecule has 1 unspecified atom stereocenters. The van der Waals surface area contributed by atoms with Crippen LogP contribution in [0.3, 0.4) is 0 Å². The summed E-state index contributed by atoms with van der Waals surface area (Å²) in [5.41, 5.74) is 6.09. The van der Waals surface area contributed by atoms with Gasteiger partial charge in [0.1, 0.15) is 0 Å². The van der Waals surface area contributed by atoms with Gasteiger partial charge in [-0.15, -0.1) is 0 Å². The van der Waals surface area contributed by atoms with Crippen LogP contribution in [0.4, 0.5) is 0 Å². The van der Waals surface area contributed by atoms with Gasteiger partial charge in [0.25, 0.3) is 0 Å². The van der Waals surface area contributed by atoms with E-state index in [1.807, 2.05) is 0 Å². The van der Waals surface area contributed by atoms with E-state index in [0.717, 1.165) is 0 Å². The van der Waals surface area contributed by atoms with Crippen LogP contribution in [0, 0.1) is 0 Å². The molecule has 0 bridgehead atoms. The van der Waals surface area contributed by atoms with E-state index in [-0.39, 0.29) is 0 Å². The molecule has 74 valence electrons. The van der Waals surface area contributed by atoms with Gasteiger partial charge < -0.3 is 5.73 Å². The molecule has 0 radical (unpaired) electrons. The summed E-state index contributed by atoms with van der Waals surface area (Å²) in [5.74, 6) is 0. The van der Waals surface area contributed by atoms with E-state index < -0.39 is 0 Å². The van der Waals surface area contributed by atoms with Crippen molar-refractivity contribution in [2.24, 2.45) is 10.7 Å². The minimum atomic E-state index is 0.544. The first-order valence-corrected chi connectivity index (χ1v) is 5.19. The number of nitrogens with zero attached hydrogens (tertiary/aromatic N) is 1. The quantitative estimate of drug-likeness (QED) is 0.636. The molecule has 0 aromatic heterocycles. The van der Waals surface area contributed by atoms with Crippen LogP contribution in [-0.2, 0) is 0 Å². The lowest BCUT2D eigenvalue weighted by molar-refractivity contribution is 0.777. The first-order chi connectivity index (χ1) is 6.95. The summed E-state index contributed by atoms with van der Waals surface area (Å²) in [5, 5.41) is 2.64. The number of benzene rings is 1. The molecular weight excluding hydrogens is 172 g/mol. The minimum absolute atomic E-state index is 0.544. The Labute approximate surface area is 84.2 Å². The van der Waals surface area contributed by atoms with Crippen LogP contribution in [-0.4, -0.2) is 13.1 Å². The third-order valence-electron chi connectivity index (χ3n) is 2.87. The van der Waals surface area contributed by atoms with Crippen molar-refractivity contribution in [1.82, 2.24) is 0 Å². The average Bonchev–Trinajstić information content (AvgIpc) is 2.80. The predicted molar refractivity (Wildman–Crippen MR) is 58.4 cm³/mol. The molecule has 1 fully saturated rings. The fraction of sp³-hybridized carbons (Fsp3) is 0.417. The molecular formula is C12H16N2. The van der Waals surface area contributed by atoms with Crippen molar-refractivity contribution in [3.63, 3.8) is 0 Å². The molecule has 0 spiro atoms. The summed E-state index contributed by atoms with van der Waals surface area (Å²) in [4.78, 5) is 4.68. The first kappa shape index (κ1) is 9.41. The number of nitrogens with two attached hydrogens (primary N) is 1. The van der Waals surface area contributed by atoms with Crippen molar-refractivity contribution in [3.8, 4) is 0 Å². The van der Waals surface area contributed by atoms with Crippen LogP contribution in [0.2, 0.25) is 0 Å². The van der Waals surface area contributed by atoms with E-state index >= 15 is 0 Å². The van der Waals surface area contributed by atoms with Gasteiger partial charge in [0, 0.05) is 5.22 Å². The fourth-order valence-corrected chi connectivity index (χ4v) is 2.31. The van der Waals surface area contributed by atoms with Gasteiger partial charge in [0.05, 0.1) is 11.4 Å². The zero-order valence-corrected chi connectivity index (χ0v) is 8.53. The van der Waals surface area contributed by atoms with Crippen LogP contribution >= 0.6 is 0 Å². The predicted octanol–water partition coefficient (Wildman–Crippen LogP) is 0.598. The van der Waals surface area contributed by atoms with Crippen molar-refractivity contribution < 1.29 is 0 Å². The van der Waals surface area contributed by atoms with Crippen LogP contribution < -0.4 is 16.3 Å². The summed E-state index contributed by atoms with van der Waals surface area (Å²) in [6, 6.07) is 9.06. The van der Waals surface area contributed by atoms with E-state index in [0.29, 0.717) is 6.04 Å². The third kappa shape index (κ3) is 1.36. The number of hydrogen-bond donors (Lipinski definition) is 1. The highest BCUT2D eigenvalue weighted by molar-refractivity contribution is 5.55. The second kappa shape index (κ2) is 3.93. The van der Waals surface area contributed by atoms with Gasteiger partial charge in [-0.2, -0.15) is 0 Å². The highest BCUT2D eigenvalue weighted by atomic mass is 14.8. The molecule has 3 rings (SSSR count). The summed E-state index contributed by atoms with van der Waals surface area (Å²) >= 11 is 0. The molecule has 2 heteroatoms. The van der Waals surface area contributed by atoms with E-state index in [1.54, 1.807) is 5.57 Å². The van der Waals surface area contributed by atoms with Gasteiger partial charge >= 0.3 is 0 Å². The van der Waals surface area contributed by atoms with E-state index in [4.69, 9.17) is 0 Å². The lowest BCUT2D eigenvalue weighted by Gasteiger charge is -1.97. The molecule has 2 N–H and O–H groups in total. The van der Waals surface area contributed by atoms with Crippen LogP contribution in [0.25, 0.3) is 5.57 Å². The fourth-order valence-electron chi connectivity index (χ4n) is 2.31. The topological polar surface area (TPSA) is 38.4 Å².